The number of carbonyl (C=O) groups excluding carboxylic acids is 1. The fraction of sp³-hybridized carbons (Fsp3) is 0.312. The maximum absolute atomic E-state index is 12.3. The number of aryl methyl sites for hydroxylation is 2. The minimum absolute atomic E-state index is 0.113. The molecule has 3 aromatic rings. The number of hydrogen-bond donors (Lipinski definition) is 0. The van der Waals surface area contributed by atoms with Crippen LogP contribution < -0.4 is 5.56 Å². The molecule has 1 amide bonds. The van der Waals surface area contributed by atoms with Crippen molar-refractivity contribution in [1.29, 1.82) is 0 Å². The van der Waals surface area contributed by atoms with E-state index < -0.39 is 0 Å². The summed E-state index contributed by atoms with van der Waals surface area (Å²) in [6, 6.07) is 8.78. The number of fused-ring (bicyclic) bond motifs is 1. The molecule has 3 rings (SSSR count). The monoisotopic (exact) mass is 327 g/mol. The zero-order valence-corrected chi connectivity index (χ0v) is 13.5. The summed E-state index contributed by atoms with van der Waals surface area (Å²) >= 11 is 0. The quantitative estimate of drug-likeness (QED) is 0.697. The van der Waals surface area contributed by atoms with Gasteiger partial charge in [-0.05, 0) is 19.1 Å². The molecule has 0 N–H and O–H groups in total. The molecule has 8 heteroatoms. The number of nitrogens with zero attached hydrogens (tertiary/aromatic N) is 5. The fourth-order valence-electron chi connectivity index (χ4n) is 2.39. The first-order chi connectivity index (χ1) is 11.5. The second-order valence-electron chi connectivity index (χ2n) is 5.56. The van der Waals surface area contributed by atoms with Crippen molar-refractivity contribution in [2.45, 2.75) is 26.4 Å². The third-order valence-corrected chi connectivity index (χ3v) is 3.67. The van der Waals surface area contributed by atoms with E-state index in [0.717, 1.165) is 0 Å². The predicted molar refractivity (Wildman–Crippen MR) is 86.1 cm³/mol. The molecule has 0 radical (unpaired) electrons. The summed E-state index contributed by atoms with van der Waals surface area (Å²) in [5, 5.41) is 12.2. The molecule has 2 heterocycles. The van der Waals surface area contributed by atoms with E-state index in [4.69, 9.17) is 4.52 Å². The molecule has 0 saturated carbocycles. The van der Waals surface area contributed by atoms with Crippen molar-refractivity contribution in [2.75, 3.05) is 7.05 Å². The van der Waals surface area contributed by atoms with Crippen molar-refractivity contribution < 1.29 is 9.32 Å². The lowest BCUT2D eigenvalue weighted by Gasteiger charge is -2.15. The van der Waals surface area contributed by atoms with Crippen LogP contribution in [-0.4, -0.2) is 38.0 Å². The van der Waals surface area contributed by atoms with E-state index in [2.05, 4.69) is 15.5 Å². The fourth-order valence-corrected chi connectivity index (χ4v) is 2.39. The van der Waals surface area contributed by atoms with Crippen LogP contribution in [0.15, 0.2) is 39.6 Å². The van der Waals surface area contributed by atoms with Gasteiger partial charge >= 0.3 is 0 Å². The van der Waals surface area contributed by atoms with Crippen molar-refractivity contribution >= 4 is 16.8 Å². The summed E-state index contributed by atoms with van der Waals surface area (Å²) in [5.74, 6) is 0.585. The van der Waals surface area contributed by atoms with E-state index in [1.807, 2.05) is 0 Å². The zero-order valence-electron chi connectivity index (χ0n) is 13.5. The van der Waals surface area contributed by atoms with Crippen LogP contribution in [0.5, 0.6) is 0 Å². The predicted octanol–water partition coefficient (Wildman–Crippen LogP) is 1.14. The Morgan fingerprint density at radius 1 is 1.33 bits per heavy atom. The Balaban J connectivity index is 1.65. The Bertz CT molecular complexity index is 931. The van der Waals surface area contributed by atoms with Gasteiger partial charge in [-0.2, -0.15) is 0 Å². The van der Waals surface area contributed by atoms with Gasteiger partial charge in [0.2, 0.25) is 5.91 Å². The van der Waals surface area contributed by atoms with Crippen LogP contribution in [0.3, 0.4) is 0 Å². The molecule has 0 spiro atoms. The Morgan fingerprint density at radius 2 is 2.12 bits per heavy atom. The minimum Gasteiger partial charge on any atom is -0.361 e. The van der Waals surface area contributed by atoms with Crippen LogP contribution in [0.25, 0.3) is 10.9 Å². The highest BCUT2D eigenvalue weighted by Gasteiger charge is 2.13. The Labute approximate surface area is 137 Å². The van der Waals surface area contributed by atoms with Gasteiger partial charge in [0.1, 0.15) is 17.0 Å². The first-order valence-corrected chi connectivity index (χ1v) is 7.53. The highest BCUT2D eigenvalue weighted by molar-refractivity contribution is 5.77. The van der Waals surface area contributed by atoms with Crippen molar-refractivity contribution in [3.05, 3.63) is 52.1 Å². The van der Waals surface area contributed by atoms with Gasteiger partial charge in [-0.25, -0.2) is 4.68 Å². The van der Waals surface area contributed by atoms with E-state index in [9.17, 15) is 9.59 Å². The van der Waals surface area contributed by atoms with Gasteiger partial charge in [-0.15, -0.1) is 5.10 Å². The Hall–Kier alpha value is -3.03. The first kappa shape index (κ1) is 15.9. The maximum atomic E-state index is 12.3. The first-order valence-electron chi connectivity index (χ1n) is 7.53. The van der Waals surface area contributed by atoms with Gasteiger partial charge in [0.25, 0.3) is 5.56 Å². The number of aromatic nitrogens is 4. The Kier molecular flexibility index (Phi) is 4.37. The summed E-state index contributed by atoms with van der Waals surface area (Å²) in [6.07, 6.45) is 0.153. The molecule has 0 aliphatic heterocycles. The highest BCUT2D eigenvalue weighted by Crippen LogP contribution is 2.06. The van der Waals surface area contributed by atoms with Crippen LogP contribution in [0.2, 0.25) is 0 Å². The topological polar surface area (TPSA) is 94.1 Å². The van der Waals surface area contributed by atoms with Crippen LogP contribution in [-0.2, 0) is 17.9 Å². The second kappa shape index (κ2) is 6.61. The SMILES string of the molecule is Cc1cc(CN(C)C(=O)CCn2nnc3ccccc3c2=O)no1. The number of carbonyl (C=O) groups is 1. The van der Waals surface area contributed by atoms with E-state index in [1.165, 1.54) is 9.58 Å². The minimum atomic E-state index is -0.247. The van der Waals surface area contributed by atoms with Gasteiger partial charge in [0.05, 0.1) is 18.5 Å². The summed E-state index contributed by atoms with van der Waals surface area (Å²) in [4.78, 5) is 26.1. The lowest BCUT2D eigenvalue weighted by molar-refractivity contribution is -0.130. The molecule has 2 aromatic heterocycles. The van der Waals surface area contributed by atoms with Gasteiger partial charge in [0, 0.05) is 19.5 Å². The highest BCUT2D eigenvalue weighted by atomic mass is 16.5. The summed E-state index contributed by atoms with van der Waals surface area (Å²) < 4.78 is 6.20. The van der Waals surface area contributed by atoms with Crippen LogP contribution in [0, 0.1) is 6.92 Å². The smallest absolute Gasteiger partial charge is 0.277 e. The molecular weight excluding hydrogens is 310 g/mol. The second-order valence-corrected chi connectivity index (χ2v) is 5.56. The van der Waals surface area contributed by atoms with Crippen LogP contribution >= 0.6 is 0 Å². The molecule has 124 valence electrons. The molecule has 0 aliphatic rings. The maximum Gasteiger partial charge on any atom is 0.277 e. The molecule has 1 aromatic carbocycles. The standard InChI is InChI=1S/C16H17N5O3/c1-11-9-12(18-24-11)10-20(2)15(22)7-8-21-16(23)13-5-3-4-6-14(13)17-19-21/h3-6,9H,7-8,10H2,1-2H3. The van der Waals surface area contributed by atoms with E-state index in [-0.39, 0.29) is 24.4 Å². The van der Waals surface area contributed by atoms with Crippen molar-refractivity contribution in [3.8, 4) is 0 Å². The average Bonchev–Trinajstić information content (AvgIpc) is 2.99. The average molecular weight is 327 g/mol. The Morgan fingerprint density at radius 3 is 2.88 bits per heavy atom. The zero-order chi connectivity index (χ0) is 17.1. The molecule has 8 nitrogen and oxygen atoms in total. The van der Waals surface area contributed by atoms with Crippen molar-refractivity contribution in [1.82, 2.24) is 25.1 Å². The lowest BCUT2D eigenvalue weighted by Crippen LogP contribution is -2.30. The van der Waals surface area contributed by atoms with E-state index in [1.54, 1.807) is 44.3 Å². The molecule has 0 bridgehead atoms. The molecular formula is C16H17N5O3. The third kappa shape index (κ3) is 3.32. The third-order valence-electron chi connectivity index (χ3n) is 3.67. The lowest BCUT2D eigenvalue weighted by atomic mass is 10.2. The van der Waals surface area contributed by atoms with Gasteiger partial charge in [-0.1, -0.05) is 22.5 Å². The van der Waals surface area contributed by atoms with Crippen LogP contribution in [0.1, 0.15) is 17.9 Å². The summed E-state index contributed by atoms with van der Waals surface area (Å²) in [7, 11) is 1.68. The molecule has 0 unspecified atom stereocenters. The van der Waals surface area contributed by atoms with E-state index >= 15 is 0 Å². The summed E-state index contributed by atoms with van der Waals surface area (Å²) in [6.45, 7) is 2.33. The number of amides is 1. The molecule has 0 atom stereocenters. The normalized spacial score (nSPS) is 10.9. The van der Waals surface area contributed by atoms with Crippen molar-refractivity contribution in [2.24, 2.45) is 0 Å². The molecule has 0 saturated heterocycles. The molecule has 0 aliphatic carbocycles. The summed E-state index contributed by atoms with van der Waals surface area (Å²) in [5.41, 5.74) is 0.984. The van der Waals surface area contributed by atoms with E-state index in [0.29, 0.717) is 28.9 Å². The largest absolute Gasteiger partial charge is 0.361 e. The molecule has 24 heavy (non-hydrogen) atoms. The molecule has 0 fully saturated rings. The number of hydrogen-bond acceptors (Lipinski definition) is 6. The van der Waals surface area contributed by atoms with Crippen molar-refractivity contribution in [3.63, 3.8) is 0 Å². The van der Waals surface area contributed by atoms with Crippen LogP contribution in [0.4, 0.5) is 0 Å². The number of rotatable bonds is 5. The van der Waals surface area contributed by atoms with Gasteiger partial charge in [0.15, 0.2) is 0 Å². The number of benzene rings is 1. The van der Waals surface area contributed by atoms with Gasteiger partial charge in [-0.3, -0.25) is 9.59 Å². The van der Waals surface area contributed by atoms with Gasteiger partial charge < -0.3 is 9.42 Å².